The summed E-state index contributed by atoms with van der Waals surface area (Å²) in [7, 11) is -1.53. The Kier molecular flexibility index (Phi) is 5.99. The Balaban J connectivity index is 3.01. The average molecular weight is 336 g/mol. The molecule has 0 fully saturated rings. The van der Waals surface area contributed by atoms with Crippen LogP contribution in [0.15, 0.2) is 23.6 Å². The first-order chi connectivity index (χ1) is 10.0. The third-order valence-corrected chi connectivity index (χ3v) is 4.64. The van der Waals surface area contributed by atoms with Crippen LogP contribution in [0.2, 0.25) is 0 Å². The highest BCUT2D eigenvalue weighted by molar-refractivity contribution is 7.88. The van der Waals surface area contributed by atoms with Crippen LogP contribution >= 0.6 is 0 Å². The molecule has 0 saturated heterocycles. The normalized spacial score (nSPS) is 22.1. The van der Waals surface area contributed by atoms with Gasteiger partial charge in [0.2, 0.25) is 0 Å². The smallest absolute Gasteiger partial charge is 0.390 e. The summed E-state index contributed by atoms with van der Waals surface area (Å²) in [6, 6.07) is 2.59. The van der Waals surface area contributed by atoms with Gasteiger partial charge in [-0.15, -0.1) is 0 Å². The van der Waals surface area contributed by atoms with Gasteiger partial charge in [-0.1, -0.05) is 12.2 Å². The number of allylic oxidation sites excluding steroid dienone is 3. The minimum Gasteiger partial charge on any atom is -0.390 e. The van der Waals surface area contributed by atoms with Gasteiger partial charge in [0, 0.05) is 10.2 Å². The molecule has 0 spiro atoms. The van der Waals surface area contributed by atoms with E-state index < -0.39 is 51.5 Å². The van der Waals surface area contributed by atoms with Crippen LogP contribution < -0.4 is 0 Å². The fourth-order valence-corrected chi connectivity index (χ4v) is 2.41. The molecular weight excluding hydrogens is 315 g/mol. The van der Waals surface area contributed by atoms with E-state index in [1.54, 1.807) is 27.7 Å². The van der Waals surface area contributed by atoms with Gasteiger partial charge >= 0.3 is 17.1 Å². The average Bonchev–Trinajstić information content (AvgIpc) is 2.43. The fraction of sp³-hybridized carbons (Fsp3) is 0.667. The molecule has 0 aliphatic heterocycles. The lowest BCUT2D eigenvalue weighted by Crippen LogP contribution is -2.28. The van der Waals surface area contributed by atoms with Crippen LogP contribution in [0.5, 0.6) is 0 Å². The van der Waals surface area contributed by atoms with Crippen molar-refractivity contribution in [1.29, 1.82) is 0 Å². The van der Waals surface area contributed by atoms with Crippen molar-refractivity contribution < 1.29 is 22.5 Å². The van der Waals surface area contributed by atoms with Gasteiger partial charge in [0.25, 0.3) is 5.92 Å². The number of hydrogen-bond donors (Lipinski definition) is 1. The van der Waals surface area contributed by atoms with Crippen molar-refractivity contribution in [2.24, 2.45) is 11.8 Å². The summed E-state index contributed by atoms with van der Waals surface area (Å²) in [5.41, 5.74) is -0.808. The molecule has 0 bridgehead atoms. The summed E-state index contributed by atoms with van der Waals surface area (Å²) in [5, 5.41) is 8.70. The van der Waals surface area contributed by atoms with Gasteiger partial charge < -0.3 is 5.11 Å². The Morgan fingerprint density at radius 1 is 1.50 bits per heavy atom. The Labute approximate surface area is 131 Å². The molecule has 1 N–H and O–H groups in total. The maximum absolute atomic E-state index is 14.3. The molecule has 3 nitrogen and oxygen atoms in total. The molecule has 0 saturated carbocycles. The molecule has 3 atom stereocenters. The van der Waals surface area contributed by atoms with Crippen LogP contribution in [0.25, 0.3) is 4.25 Å². The molecule has 124 valence electrons. The van der Waals surface area contributed by atoms with Crippen LogP contribution in [0.4, 0.5) is 13.2 Å². The van der Waals surface area contributed by atoms with Crippen molar-refractivity contribution in [3.8, 4) is 6.07 Å². The first-order valence-electron chi connectivity index (χ1n) is 6.94. The van der Waals surface area contributed by atoms with E-state index in [0.717, 1.165) is 6.08 Å². The van der Waals surface area contributed by atoms with Crippen LogP contribution in [-0.4, -0.2) is 26.6 Å². The second-order valence-corrected chi connectivity index (χ2v) is 8.14. The zero-order chi connectivity index (χ0) is 17.1. The molecule has 1 aliphatic carbocycles. The van der Waals surface area contributed by atoms with Crippen molar-refractivity contribution in [2.45, 2.75) is 44.8 Å². The first kappa shape index (κ1) is 18.9. The van der Waals surface area contributed by atoms with E-state index in [9.17, 15) is 17.4 Å². The highest BCUT2D eigenvalue weighted by Crippen LogP contribution is 2.38. The molecular formula is C15H21F3NO2S+. The summed E-state index contributed by atoms with van der Waals surface area (Å²) >= 11 is 0. The Bertz CT molecular complexity index is 568. The van der Waals surface area contributed by atoms with Crippen LogP contribution in [-0.2, 0) is 11.0 Å². The minimum atomic E-state index is -3.62. The van der Waals surface area contributed by atoms with Crippen LogP contribution in [0, 0.1) is 17.9 Å². The van der Waals surface area contributed by atoms with E-state index in [-0.39, 0.29) is 6.42 Å². The monoisotopic (exact) mass is 336 g/mol. The number of halogens is 3. The van der Waals surface area contributed by atoms with Crippen LogP contribution in [0.1, 0.15) is 34.1 Å². The fourth-order valence-electron chi connectivity index (χ4n) is 1.88. The highest BCUT2D eigenvalue weighted by Gasteiger charge is 2.40. The number of nitrogens with zero attached hydrogens (tertiary/aromatic N) is 1. The largest absolute Gasteiger partial charge is 0.418 e. The number of aliphatic hydroxyl groups excluding tert-OH is 1. The zero-order valence-electron chi connectivity index (χ0n) is 13.1. The SMILES string of the molecule is CC(C#[N+][S@@](=O)C(C)(C)C)C1CC=CC(C(F)(F)CO)=C1F. The molecule has 0 heterocycles. The van der Waals surface area contributed by atoms with Gasteiger partial charge in [-0.3, -0.25) is 0 Å². The van der Waals surface area contributed by atoms with E-state index >= 15 is 0 Å². The van der Waals surface area contributed by atoms with E-state index in [1.807, 2.05) is 0 Å². The lowest BCUT2D eigenvalue weighted by Gasteiger charge is -2.24. The highest BCUT2D eigenvalue weighted by atomic mass is 32.2. The molecule has 22 heavy (non-hydrogen) atoms. The van der Waals surface area contributed by atoms with Crippen molar-refractivity contribution in [2.75, 3.05) is 6.61 Å². The standard InChI is InChI=1S/C15H21F3NO2S/c1-10(8-19-22(21)14(2,3)4)11-6-5-7-12(13(11)16)15(17,18)9-20/h5,7,10-11,20H,6,9H2,1-4H3/q+1/t10?,11?,22-/m0/s1. The predicted octanol–water partition coefficient (Wildman–Crippen LogP) is 3.84. The zero-order valence-corrected chi connectivity index (χ0v) is 13.9. The lowest BCUT2D eigenvalue weighted by molar-refractivity contribution is -0.0160. The topological polar surface area (TPSA) is 41.7 Å². The molecule has 0 aromatic rings. The second-order valence-electron chi connectivity index (χ2n) is 6.24. The molecule has 0 amide bonds. The third kappa shape index (κ3) is 4.43. The van der Waals surface area contributed by atoms with Gasteiger partial charge in [-0.2, -0.15) is 13.0 Å². The van der Waals surface area contributed by atoms with E-state index in [4.69, 9.17) is 5.11 Å². The molecule has 0 aromatic carbocycles. The van der Waals surface area contributed by atoms with Gasteiger partial charge in [0.15, 0.2) is 0 Å². The first-order valence-corrected chi connectivity index (χ1v) is 8.05. The molecule has 1 rings (SSSR count). The van der Waals surface area contributed by atoms with Gasteiger partial charge in [-0.05, 0) is 34.1 Å². The van der Waals surface area contributed by atoms with Crippen molar-refractivity contribution in [1.82, 2.24) is 0 Å². The Morgan fingerprint density at radius 3 is 2.59 bits per heavy atom. The van der Waals surface area contributed by atoms with E-state index in [1.165, 1.54) is 6.08 Å². The third-order valence-electron chi connectivity index (χ3n) is 3.32. The number of hydrogen-bond acceptors (Lipinski definition) is 2. The van der Waals surface area contributed by atoms with Crippen molar-refractivity contribution >= 4 is 11.0 Å². The molecule has 0 radical (unpaired) electrons. The second kappa shape index (κ2) is 6.97. The van der Waals surface area contributed by atoms with Gasteiger partial charge in [0.05, 0.1) is 5.57 Å². The Hall–Kier alpha value is -1.13. The van der Waals surface area contributed by atoms with E-state index in [0.29, 0.717) is 0 Å². The predicted molar refractivity (Wildman–Crippen MR) is 81.7 cm³/mol. The molecule has 0 aromatic heterocycles. The van der Waals surface area contributed by atoms with E-state index in [2.05, 4.69) is 10.3 Å². The maximum Gasteiger partial charge on any atom is 0.418 e. The maximum atomic E-state index is 14.3. The number of alkyl halides is 2. The summed E-state index contributed by atoms with van der Waals surface area (Å²) < 4.78 is 56.3. The Morgan fingerprint density at radius 2 is 2.09 bits per heavy atom. The van der Waals surface area contributed by atoms with Crippen LogP contribution in [0.3, 0.4) is 0 Å². The van der Waals surface area contributed by atoms with Crippen molar-refractivity contribution in [3.63, 3.8) is 0 Å². The molecule has 2 unspecified atom stereocenters. The summed E-state index contributed by atoms with van der Waals surface area (Å²) in [6.45, 7) is 5.35. The van der Waals surface area contributed by atoms with Crippen molar-refractivity contribution in [3.05, 3.63) is 27.8 Å². The lowest BCUT2D eigenvalue weighted by atomic mass is 9.84. The number of aliphatic hydroxyl groups is 1. The van der Waals surface area contributed by atoms with Gasteiger partial charge in [0.1, 0.15) is 23.1 Å². The molecule has 1 aliphatic rings. The summed E-state index contributed by atoms with van der Waals surface area (Å²) in [4.78, 5) is 0. The minimum absolute atomic E-state index is 0.225. The quantitative estimate of drug-likeness (QED) is 0.851. The summed E-state index contributed by atoms with van der Waals surface area (Å²) in [6.07, 6.45) is 2.66. The summed E-state index contributed by atoms with van der Waals surface area (Å²) in [5.74, 6) is -6.05. The van der Waals surface area contributed by atoms with Gasteiger partial charge in [-0.25, -0.2) is 4.39 Å². The molecule has 7 heteroatoms. The number of rotatable bonds is 3.